The molecule has 0 bridgehead atoms. The summed E-state index contributed by atoms with van der Waals surface area (Å²) in [6.45, 7) is 0.459. The number of benzene rings is 1. The first kappa shape index (κ1) is 17.8. The number of hydrogen-bond acceptors (Lipinski definition) is 6. The predicted octanol–water partition coefficient (Wildman–Crippen LogP) is 1.69. The zero-order valence-electron chi connectivity index (χ0n) is 13.3. The summed E-state index contributed by atoms with van der Waals surface area (Å²) in [6.07, 6.45) is 1.37. The van der Waals surface area contributed by atoms with Gasteiger partial charge in [0.25, 0.3) is 0 Å². The molecule has 1 aliphatic carbocycles. The van der Waals surface area contributed by atoms with Gasteiger partial charge in [0.1, 0.15) is 25.8 Å². The van der Waals surface area contributed by atoms with Gasteiger partial charge in [0.2, 0.25) is 0 Å². The van der Waals surface area contributed by atoms with Gasteiger partial charge in [-0.25, -0.2) is 0 Å². The van der Waals surface area contributed by atoms with Crippen LogP contribution in [0.25, 0.3) is 0 Å². The van der Waals surface area contributed by atoms with Crippen LogP contribution in [0, 0.1) is 0 Å². The number of carbonyl (C=O) groups is 1. The molecule has 2 rings (SSSR count). The minimum atomic E-state index is -0.782. The molecule has 6 heteroatoms. The lowest BCUT2D eigenvalue weighted by molar-refractivity contribution is -0.191. The van der Waals surface area contributed by atoms with Crippen molar-refractivity contribution in [3.8, 4) is 0 Å². The normalized spacial score (nSPS) is 24.1. The lowest BCUT2D eigenvalue weighted by atomic mass is 9.97. The Balaban J connectivity index is 2.04. The van der Waals surface area contributed by atoms with Crippen LogP contribution in [-0.2, 0) is 35.1 Å². The molecular formula is C17H22O6. The highest BCUT2D eigenvalue weighted by Gasteiger charge is 2.38. The topological polar surface area (TPSA) is 63.2 Å². The first-order valence-electron chi connectivity index (χ1n) is 7.35. The fourth-order valence-electron chi connectivity index (χ4n) is 2.29. The molecule has 3 atom stereocenters. The van der Waals surface area contributed by atoms with Crippen molar-refractivity contribution in [2.24, 2.45) is 0 Å². The van der Waals surface area contributed by atoms with E-state index in [9.17, 15) is 4.79 Å². The Hall–Kier alpha value is -1.57. The number of carbonyl (C=O) groups excluding carboxylic acids is 1. The summed E-state index contributed by atoms with van der Waals surface area (Å²) in [7, 11) is 3.02. The van der Waals surface area contributed by atoms with Crippen molar-refractivity contribution in [3.05, 3.63) is 48.0 Å². The number of rotatable bonds is 9. The van der Waals surface area contributed by atoms with Crippen LogP contribution in [0.5, 0.6) is 0 Å². The molecule has 0 spiro atoms. The van der Waals surface area contributed by atoms with E-state index in [0.717, 1.165) is 5.56 Å². The number of ether oxygens (including phenoxy) is 5. The van der Waals surface area contributed by atoms with Crippen molar-refractivity contribution in [1.29, 1.82) is 0 Å². The molecule has 0 heterocycles. The third kappa shape index (κ3) is 5.23. The molecule has 126 valence electrons. The van der Waals surface area contributed by atoms with E-state index in [4.69, 9.17) is 23.7 Å². The summed E-state index contributed by atoms with van der Waals surface area (Å²) >= 11 is 0. The second kappa shape index (κ2) is 9.54. The molecule has 23 heavy (non-hydrogen) atoms. The van der Waals surface area contributed by atoms with Crippen LogP contribution < -0.4 is 0 Å². The average molecular weight is 322 g/mol. The van der Waals surface area contributed by atoms with Crippen LogP contribution in [0.4, 0.5) is 0 Å². The molecule has 6 nitrogen and oxygen atoms in total. The van der Waals surface area contributed by atoms with Crippen LogP contribution in [0.3, 0.4) is 0 Å². The maximum atomic E-state index is 12.0. The van der Waals surface area contributed by atoms with Crippen molar-refractivity contribution in [2.45, 2.75) is 24.9 Å². The van der Waals surface area contributed by atoms with Crippen molar-refractivity contribution in [2.75, 3.05) is 27.8 Å². The predicted molar refractivity (Wildman–Crippen MR) is 82.7 cm³/mol. The molecule has 0 radical (unpaired) electrons. The third-order valence-electron chi connectivity index (χ3n) is 3.38. The minimum absolute atomic E-state index is 0.00247. The second-order valence-electron chi connectivity index (χ2n) is 5.05. The quantitative estimate of drug-likeness (QED) is 0.645. The highest BCUT2D eigenvalue weighted by molar-refractivity contribution is 5.95. The smallest absolute Gasteiger partial charge is 0.187 e. The highest BCUT2D eigenvalue weighted by Crippen LogP contribution is 2.21. The molecular weight excluding hydrogens is 300 g/mol. The number of hydrogen-bond donors (Lipinski definition) is 0. The van der Waals surface area contributed by atoms with Gasteiger partial charge >= 0.3 is 0 Å². The van der Waals surface area contributed by atoms with Crippen LogP contribution in [0.15, 0.2) is 42.5 Å². The summed E-state index contributed by atoms with van der Waals surface area (Å²) in [5, 5.41) is 0. The Morgan fingerprint density at radius 1 is 0.957 bits per heavy atom. The summed E-state index contributed by atoms with van der Waals surface area (Å²) in [5.74, 6) is -0.178. The molecule has 0 fully saturated rings. The molecule has 0 saturated carbocycles. The molecule has 0 aromatic heterocycles. The largest absolute Gasteiger partial charge is 0.367 e. The lowest BCUT2D eigenvalue weighted by Gasteiger charge is -2.33. The van der Waals surface area contributed by atoms with E-state index in [1.807, 2.05) is 30.3 Å². The molecule has 0 aliphatic heterocycles. The van der Waals surface area contributed by atoms with E-state index in [0.29, 0.717) is 6.61 Å². The van der Waals surface area contributed by atoms with Crippen molar-refractivity contribution < 1.29 is 28.5 Å². The zero-order valence-corrected chi connectivity index (χ0v) is 13.3. The van der Waals surface area contributed by atoms with E-state index in [-0.39, 0.29) is 19.4 Å². The Kier molecular flexibility index (Phi) is 7.38. The van der Waals surface area contributed by atoms with Gasteiger partial charge in [-0.3, -0.25) is 4.79 Å². The fraction of sp³-hybridized carbons (Fsp3) is 0.471. The summed E-state index contributed by atoms with van der Waals surface area (Å²) in [6, 6.07) is 9.79. The summed E-state index contributed by atoms with van der Waals surface area (Å²) < 4.78 is 26.8. The first-order chi connectivity index (χ1) is 11.3. The van der Waals surface area contributed by atoms with E-state index < -0.39 is 18.3 Å². The standard InChI is InChI=1S/C17H22O6/c1-19-11-22-16-14(18)8-9-15(17(16)23-12-20-2)21-10-13-6-4-3-5-7-13/h3-9,15-17H,10-12H2,1-2H3/t15-,16+,17+/m0/s1. The Labute approximate surface area is 135 Å². The van der Waals surface area contributed by atoms with E-state index in [1.165, 1.54) is 20.3 Å². The monoisotopic (exact) mass is 322 g/mol. The van der Waals surface area contributed by atoms with Crippen LogP contribution >= 0.6 is 0 Å². The molecule has 1 aromatic rings. The summed E-state index contributed by atoms with van der Waals surface area (Å²) in [5.41, 5.74) is 1.04. The van der Waals surface area contributed by atoms with Gasteiger partial charge in [0.15, 0.2) is 11.9 Å². The van der Waals surface area contributed by atoms with E-state index in [1.54, 1.807) is 6.08 Å². The fourth-order valence-corrected chi connectivity index (χ4v) is 2.29. The van der Waals surface area contributed by atoms with E-state index >= 15 is 0 Å². The van der Waals surface area contributed by atoms with Gasteiger partial charge in [-0.2, -0.15) is 0 Å². The maximum Gasteiger partial charge on any atom is 0.187 e. The molecule has 0 saturated heterocycles. The molecule has 1 aliphatic rings. The number of methoxy groups -OCH3 is 2. The molecule has 0 N–H and O–H groups in total. The van der Waals surface area contributed by atoms with Gasteiger partial charge < -0.3 is 23.7 Å². The van der Waals surface area contributed by atoms with Gasteiger partial charge in [0.05, 0.1) is 6.61 Å². The molecule has 0 unspecified atom stereocenters. The third-order valence-corrected chi connectivity index (χ3v) is 3.38. The number of ketones is 1. The van der Waals surface area contributed by atoms with Crippen LogP contribution in [-0.4, -0.2) is 51.9 Å². The molecule has 0 amide bonds. The highest BCUT2D eigenvalue weighted by atomic mass is 16.7. The summed E-state index contributed by atoms with van der Waals surface area (Å²) in [4.78, 5) is 12.0. The average Bonchev–Trinajstić information content (AvgIpc) is 2.59. The second-order valence-corrected chi connectivity index (χ2v) is 5.05. The first-order valence-corrected chi connectivity index (χ1v) is 7.35. The molecule has 1 aromatic carbocycles. The SMILES string of the molecule is COCO[C@@H]1[C@@H](OCc2ccccc2)C=CC(=O)[C@H]1OCOC. The minimum Gasteiger partial charge on any atom is -0.367 e. The van der Waals surface area contributed by atoms with Gasteiger partial charge in [-0.1, -0.05) is 30.3 Å². The van der Waals surface area contributed by atoms with Gasteiger partial charge in [-0.15, -0.1) is 0 Å². The van der Waals surface area contributed by atoms with E-state index in [2.05, 4.69) is 0 Å². The maximum absolute atomic E-state index is 12.0. The lowest BCUT2D eigenvalue weighted by Crippen LogP contribution is -2.49. The van der Waals surface area contributed by atoms with Crippen molar-refractivity contribution in [1.82, 2.24) is 0 Å². The van der Waals surface area contributed by atoms with Gasteiger partial charge in [-0.05, 0) is 17.7 Å². The Morgan fingerprint density at radius 3 is 2.35 bits per heavy atom. The van der Waals surface area contributed by atoms with Gasteiger partial charge in [0, 0.05) is 14.2 Å². The Bertz CT molecular complexity index is 501. The Morgan fingerprint density at radius 2 is 1.65 bits per heavy atom. The van der Waals surface area contributed by atoms with Crippen LogP contribution in [0.2, 0.25) is 0 Å². The zero-order chi connectivity index (χ0) is 16.5. The van der Waals surface area contributed by atoms with Crippen LogP contribution in [0.1, 0.15) is 5.56 Å². The van der Waals surface area contributed by atoms with Crippen molar-refractivity contribution >= 4 is 5.78 Å². The van der Waals surface area contributed by atoms with Crippen molar-refractivity contribution in [3.63, 3.8) is 0 Å².